The second-order valence-electron chi connectivity index (χ2n) is 4.27. The summed E-state index contributed by atoms with van der Waals surface area (Å²) in [4.78, 5) is 5.18. The maximum absolute atomic E-state index is 12.3. The molecule has 6 heteroatoms. The summed E-state index contributed by atoms with van der Waals surface area (Å²) in [6, 6.07) is 12.9. The molecule has 0 aliphatic carbocycles. The summed E-state index contributed by atoms with van der Waals surface area (Å²) in [5, 5.41) is 2.29. The van der Waals surface area contributed by atoms with Crippen LogP contribution >= 0.6 is 11.3 Å². The van der Waals surface area contributed by atoms with Gasteiger partial charge in [-0.25, -0.2) is 18.1 Å². The molecule has 1 N–H and O–H groups in total. The van der Waals surface area contributed by atoms with Gasteiger partial charge in [-0.2, -0.15) is 0 Å². The van der Waals surface area contributed by atoms with Gasteiger partial charge in [0, 0.05) is 23.5 Å². The van der Waals surface area contributed by atoms with E-state index in [4.69, 9.17) is 0 Å². The summed E-state index contributed by atoms with van der Waals surface area (Å²) in [7, 11) is -3.52. The van der Waals surface area contributed by atoms with Crippen LogP contribution in [-0.2, 0) is 16.6 Å². The molecule has 2 heterocycles. The number of benzene rings is 1. The number of pyridine rings is 1. The molecular weight excluding hydrogens is 292 g/mol. The second-order valence-corrected chi connectivity index (χ2v) is 6.86. The minimum absolute atomic E-state index is 0.279. The van der Waals surface area contributed by atoms with Crippen molar-refractivity contribution in [2.45, 2.75) is 11.4 Å². The Balaban J connectivity index is 1.89. The predicted octanol–water partition coefficient (Wildman–Crippen LogP) is 2.77. The van der Waals surface area contributed by atoms with E-state index in [-0.39, 0.29) is 6.54 Å². The summed E-state index contributed by atoms with van der Waals surface area (Å²) in [6.07, 6.45) is 1.66. The Morgan fingerprint density at radius 3 is 2.70 bits per heavy atom. The van der Waals surface area contributed by atoms with Crippen molar-refractivity contribution in [1.82, 2.24) is 9.71 Å². The normalized spacial score (nSPS) is 11.8. The lowest BCUT2D eigenvalue weighted by Crippen LogP contribution is -2.22. The van der Waals surface area contributed by atoms with E-state index in [0.717, 1.165) is 10.4 Å². The molecule has 0 bridgehead atoms. The van der Waals surface area contributed by atoms with Crippen LogP contribution in [0, 0.1) is 0 Å². The zero-order valence-electron chi connectivity index (χ0n) is 10.5. The Bertz CT molecular complexity index is 827. The Labute approximate surface area is 121 Å². The molecule has 0 aliphatic rings. The number of sulfonamides is 1. The van der Waals surface area contributed by atoms with E-state index in [1.54, 1.807) is 23.7 Å². The lowest BCUT2D eigenvalue weighted by atomic mass is 10.2. The first-order valence-corrected chi connectivity index (χ1v) is 8.39. The molecule has 2 aromatic heterocycles. The minimum Gasteiger partial charge on any atom is -0.245 e. The van der Waals surface area contributed by atoms with Crippen LogP contribution in [0.25, 0.3) is 10.2 Å². The van der Waals surface area contributed by atoms with Crippen LogP contribution in [0.2, 0.25) is 0 Å². The fraction of sp³-hybridized carbons (Fsp3) is 0.0714. The third-order valence-electron chi connectivity index (χ3n) is 2.91. The van der Waals surface area contributed by atoms with Crippen LogP contribution in [0.15, 0.2) is 58.9 Å². The van der Waals surface area contributed by atoms with E-state index in [2.05, 4.69) is 9.71 Å². The number of hydrogen-bond acceptors (Lipinski definition) is 4. The zero-order chi connectivity index (χ0) is 14.0. The first-order chi connectivity index (χ1) is 9.67. The molecule has 102 valence electrons. The predicted molar refractivity (Wildman–Crippen MR) is 80.1 cm³/mol. The molecule has 3 rings (SSSR count). The summed E-state index contributed by atoms with van der Waals surface area (Å²) >= 11 is 1.33. The maximum atomic E-state index is 12.3. The van der Waals surface area contributed by atoms with E-state index >= 15 is 0 Å². The number of fused-ring (bicyclic) bond motifs is 1. The molecule has 0 atom stereocenters. The van der Waals surface area contributed by atoms with Gasteiger partial charge in [0.2, 0.25) is 10.0 Å². The molecule has 0 spiro atoms. The topological polar surface area (TPSA) is 59.1 Å². The summed E-state index contributed by atoms with van der Waals surface area (Å²) < 4.78 is 27.3. The summed E-state index contributed by atoms with van der Waals surface area (Å²) in [5.74, 6) is 0. The molecule has 0 amide bonds. The quantitative estimate of drug-likeness (QED) is 0.806. The van der Waals surface area contributed by atoms with Gasteiger partial charge in [0.1, 0.15) is 9.73 Å². The Kier molecular flexibility index (Phi) is 3.52. The standard InChI is InChI=1S/C14H12N2O2S2/c17-20(18,16-9-11-5-2-1-3-6-11)13-10-19-14-12(13)7-4-8-15-14/h1-8,10,16H,9H2. The molecule has 0 aliphatic heterocycles. The highest BCUT2D eigenvalue weighted by Gasteiger charge is 2.18. The summed E-state index contributed by atoms with van der Waals surface area (Å²) in [5.41, 5.74) is 0.925. The van der Waals surface area contributed by atoms with Crippen molar-refractivity contribution in [3.8, 4) is 0 Å². The molecule has 1 aromatic carbocycles. The molecule has 0 fully saturated rings. The SMILES string of the molecule is O=S(=O)(NCc1ccccc1)c1csc2ncccc12. The minimum atomic E-state index is -3.52. The van der Waals surface area contributed by atoms with Crippen molar-refractivity contribution in [3.63, 3.8) is 0 Å². The van der Waals surface area contributed by atoms with Crippen LogP contribution < -0.4 is 4.72 Å². The Morgan fingerprint density at radius 1 is 1.10 bits per heavy atom. The van der Waals surface area contributed by atoms with Crippen LogP contribution in [0.1, 0.15) is 5.56 Å². The molecule has 4 nitrogen and oxygen atoms in total. The molecule has 0 radical (unpaired) electrons. The molecule has 0 saturated carbocycles. The lowest BCUT2D eigenvalue weighted by molar-refractivity contribution is 0.582. The van der Waals surface area contributed by atoms with Gasteiger partial charge in [-0.05, 0) is 17.7 Å². The first-order valence-electron chi connectivity index (χ1n) is 6.03. The number of aromatic nitrogens is 1. The van der Waals surface area contributed by atoms with Gasteiger partial charge in [-0.3, -0.25) is 0 Å². The lowest BCUT2D eigenvalue weighted by Gasteiger charge is -2.05. The second kappa shape index (κ2) is 5.32. The van der Waals surface area contributed by atoms with E-state index < -0.39 is 10.0 Å². The highest BCUT2D eigenvalue weighted by atomic mass is 32.2. The Hall–Kier alpha value is -1.76. The maximum Gasteiger partial charge on any atom is 0.242 e. The van der Waals surface area contributed by atoms with Crippen molar-refractivity contribution in [1.29, 1.82) is 0 Å². The van der Waals surface area contributed by atoms with Crippen molar-refractivity contribution in [2.24, 2.45) is 0 Å². The van der Waals surface area contributed by atoms with Crippen molar-refractivity contribution >= 4 is 31.6 Å². The average Bonchev–Trinajstić information content (AvgIpc) is 2.91. The molecule has 0 saturated heterocycles. The van der Waals surface area contributed by atoms with Gasteiger partial charge in [0.25, 0.3) is 0 Å². The molecular formula is C14H12N2O2S2. The number of thiophene rings is 1. The van der Waals surface area contributed by atoms with Crippen molar-refractivity contribution in [2.75, 3.05) is 0 Å². The van der Waals surface area contributed by atoms with Gasteiger partial charge < -0.3 is 0 Å². The fourth-order valence-corrected chi connectivity index (χ4v) is 4.36. The average molecular weight is 304 g/mol. The third kappa shape index (κ3) is 2.58. The fourth-order valence-electron chi connectivity index (χ4n) is 1.91. The zero-order valence-corrected chi connectivity index (χ0v) is 12.1. The van der Waals surface area contributed by atoms with E-state index in [1.807, 2.05) is 30.3 Å². The number of nitrogens with zero attached hydrogens (tertiary/aromatic N) is 1. The Morgan fingerprint density at radius 2 is 1.90 bits per heavy atom. The van der Waals surface area contributed by atoms with Gasteiger partial charge in [0.15, 0.2) is 0 Å². The molecule has 0 unspecified atom stereocenters. The van der Waals surface area contributed by atoms with E-state index in [9.17, 15) is 8.42 Å². The third-order valence-corrected chi connectivity index (χ3v) is 5.41. The molecule has 3 aromatic rings. The monoisotopic (exact) mass is 304 g/mol. The first kappa shape index (κ1) is 13.2. The van der Waals surface area contributed by atoms with Gasteiger partial charge in [-0.1, -0.05) is 30.3 Å². The number of rotatable bonds is 4. The largest absolute Gasteiger partial charge is 0.245 e. The van der Waals surface area contributed by atoms with Gasteiger partial charge in [0.05, 0.1) is 0 Å². The highest BCUT2D eigenvalue weighted by Crippen LogP contribution is 2.27. The van der Waals surface area contributed by atoms with E-state index in [0.29, 0.717) is 10.3 Å². The van der Waals surface area contributed by atoms with Crippen molar-refractivity contribution < 1.29 is 8.42 Å². The molecule has 20 heavy (non-hydrogen) atoms. The number of hydrogen-bond donors (Lipinski definition) is 1. The number of nitrogens with one attached hydrogen (secondary N) is 1. The van der Waals surface area contributed by atoms with Gasteiger partial charge in [-0.15, -0.1) is 11.3 Å². The van der Waals surface area contributed by atoms with Crippen LogP contribution in [0.5, 0.6) is 0 Å². The van der Waals surface area contributed by atoms with Gasteiger partial charge >= 0.3 is 0 Å². The van der Waals surface area contributed by atoms with E-state index in [1.165, 1.54) is 11.3 Å². The van der Waals surface area contributed by atoms with Crippen LogP contribution in [0.3, 0.4) is 0 Å². The van der Waals surface area contributed by atoms with Crippen molar-refractivity contribution in [3.05, 3.63) is 59.6 Å². The van der Waals surface area contributed by atoms with Crippen LogP contribution in [0.4, 0.5) is 0 Å². The smallest absolute Gasteiger partial charge is 0.242 e. The summed E-state index contributed by atoms with van der Waals surface area (Å²) in [6.45, 7) is 0.279. The highest BCUT2D eigenvalue weighted by molar-refractivity contribution is 7.89. The van der Waals surface area contributed by atoms with Crippen LogP contribution in [-0.4, -0.2) is 13.4 Å².